The average Bonchev–Trinajstić information content (AvgIpc) is 2.08. The van der Waals surface area contributed by atoms with Crippen LogP contribution in [0.2, 0.25) is 0 Å². The SMILES string of the molecule is NCC(=O)c1cc(F)ccc1N. The molecule has 0 spiro atoms. The Kier molecular flexibility index (Phi) is 2.40. The molecule has 3 nitrogen and oxygen atoms in total. The normalized spacial score (nSPS) is 9.83. The molecule has 0 heterocycles. The first-order valence-corrected chi connectivity index (χ1v) is 3.43. The van der Waals surface area contributed by atoms with Crippen molar-refractivity contribution in [2.24, 2.45) is 5.73 Å². The van der Waals surface area contributed by atoms with E-state index in [1.165, 1.54) is 12.1 Å². The monoisotopic (exact) mass is 168 g/mol. The molecule has 12 heavy (non-hydrogen) atoms. The predicted molar refractivity (Wildman–Crippen MR) is 44.2 cm³/mol. The van der Waals surface area contributed by atoms with E-state index >= 15 is 0 Å². The van der Waals surface area contributed by atoms with E-state index in [-0.39, 0.29) is 23.6 Å². The van der Waals surface area contributed by atoms with Crippen LogP contribution in [0.4, 0.5) is 10.1 Å². The highest BCUT2D eigenvalue weighted by atomic mass is 19.1. The maximum atomic E-state index is 12.6. The lowest BCUT2D eigenvalue weighted by Crippen LogP contribution is -2.15. The molecule has 0 amide bonds. The number of nitrogens with two attached hydrogens (primary N) is 2. The minimum atomic E-state index is -0.485. The lowest BCUT2D eigenvalue weighted by molar-refractivity contribution is 0.100. The van der Waals surface area contributed by atoms with Crippen molar-refractivity contribution < 1.29 is 9.18 Å². The molecule has 64 valence electrons. The van der Waals surface area contributed by atoms with Crippen LogP contribution in [0.1, 0.15) is 10.4 Å². The second-order valence-electron chi connectivity index (χ2n) is 2.36. The molecule has 0 fully saturated rings. The van der Waals surface area contributed by atoms with Gasteiger partial charge in [-0.3, -0.25) is 4.79 Å². The summed E-state index contributed by atoms with van der Waals surface area (Å²) < 4.78 is 12.6. The average molecular weight is 168 g/mol. The number of benzene rings is 1. The summed E-state index contributed by atoms with van der Waals surface area (Å²) in [5, 5.41) is 0. The summed E-state index contributed by atoms with van der Waals surface area (Å²) in [6, 6.07) is 3.63. The zero-order chi connectivity index (χ0) is 9.14. The van der Waals surface area contributed by atoms with Gasteiger partial charge in [-0.05, 0) is 18.2 Å². The summed E-state index contributed by atoms with van der Waals surface area (Å²) in [4.78, 5) is 11.0. The smallest absolute Gasteiger partial charge is 0.178 e. The van der Waals surface area contributed by atoms with Crippen LogP contribution >= 0.6 is 0 Å². The third kappa shape index (κ3) is 1.60. The Hall–Kier alpha value is -1.42. The number of carbonyl (C=O) groups is 1. The second-order valence-corrected chi connectivity index (χ2v) is 2.36. The minimum absolute atomic E-state index is 0.150. The highest BCUT2D eigenvalue weighted by Gasteiger charge is 2.08. The zero-order valence-corrected chi connectivity index (χ0v) is 6.38. The summed E-state index contributed by atoms with van der Waals surface area (Å²) in [6.45, 7) is -0.159. The molecule has 0 saturated heterocycles. The van der Waals surface area contributed by atoms with Crippen LogP contribution in [0.3, 0.4) is 0 Å². The van der Waals surface area contributed by atoms with Gasteiger partial charge in [0.1, 0.15) is 5.82 Å². The van der Waals surface area contributed by atoms with Gasteiger partial charge in [-0.2, -0.15) is 0 Å². The zero-order valence-electron chi connectivity index (χ0n) is 6.38. The number of halogens is 1. The number of carbonyl (C=O) groups excluding carboxylic acids is 1. The Balaban J connectivity index is 3.13. The van der Waals surface area contributed by atoms with Gasteiger partial charge < -0.3 is 11.5 Å². The summed E-state index contributed by atoms with van der Waals surface area (Å²) in [5.41, 5.74) is 10.9. The molecule has 4 N–H and O–H groups in total. The van der Waals surface area contributed by atoms with Crippen LogP contribution in [-0.4, -0.2) is 12.3 Å². The number of nitrogen functional groups attached to an aromatic ring is 1. The fourth-order valence-electron chi connectivity index (χ4n) is 0.880. The molecule has 0 aliphatic rings. The van der Waals surface area contributed by atoms with Crippen molar-refractivity contribution in [2.45, 2.75) is 0 Å². The molecule has 0 aromatic heterocycles. The van der Waals surface area contributed by atoms with Crippen LogP contribution in [0.15, 0.2) is 18.2 Å². The lowest BCUT2D eigenvalue weighted by Gasteiger charge is -2.01. The number of ketones is 1. The molecular weight excluding hydrogens is 159 g/mol. The molecule has 0 unspecified atom stereocenters. The number of hydrogen-bond donors (Lipinski definition) is 2. The van der Waals surface area contributed by atoms with Gasteiger partial charge in [-0.15, -0.1) is 0 Å². The van der Waals surface area contributed by atoms with Gasteiger partial charge >= 0.3 is 0 Å². The largest absolute Gasteiger partial charge is 0.398 e. The van der Waals surface area contributed by atoms with Crippen LogP contribution in [-0.2, 0) is 0 Å². The van der Waals surface area contributed by atoms with E-state index in [0.717, 1.165) is 6.07 Å². The fraction of sp³-hybridized carbons (Fsp3) is 0.125. The minimum Gasteiger partial charge on any atom is -0.398 e. The first kappa shape index (κ1) is 8.67. The molecule has 0 atom stereocenters. The molecule has 1 aromatic carbocycles. The molecule has 1 aromatic rings. The molecule has 0 aliphatic carbocycles. The van der Waals surface area contributed by atoms with E-state index in [1.54, 1.807) is 0 Å². The maximum Gasteiger partial charge on any atom is 0.178 e. The number of anilines is 1. The maximum absolute atomic E-state index is 12.6. The molecule has 1 rings (SSSR count). The quantitative estimate of drug-likeness (QED) is 0.500. The molecule has 0 aliphatic heterocycles. The highest BCUT2D eigenvalue weighted by molar-refractivity contribution is 6.01. The third-order valence-electron chi connectivity index (χ3n) is 1.50. The Morgan fingerprint density at radius 1 is 1.50 bits per heavy atom. The van der Waals surface area contributed by atoms with E-state index in [9.17, 15) is 9.18 Å². The van der Waals surface area contributed by atoms with Gasteiger partial charge in [0.2, 0.25) is 0 Å². The molecule has 0 saturated carbocycles. The lowest BCUT2D eigenvalue weighted by atomic mass is 10.1. The van der Waals surface area contributed by atoms with Crippen LogP contribution in [0.5, 0.6) is 0 Å². The van der Waals surface area contributed by atoms with Gasteiger partial charge in [0.15, 0.2) is 5.78 Å². The summed E-state index contributed by atoms with van der Waals surface area (Å²) in [7, 11) is 0. The Morgan fingerprint density at radius 3 is 2.75 bits per heavy atom. The van der Waals surface area contributed by atoms with Crippen molar-refractivity contribution >= 4 is 11.5 Å². The van der Waals surface area contributed by atoms with Gasteiger partial charge in [-0.1, -0.05) is 0 Å². The summed E-state index contributed by atoms with van der Waals surface area (Å²) >= 11 is 0. The van der Waals surface area contributed by atoms with Crippen LogP contribution < -0.4 is 11.5 Å². The third-order valence-corrected chi connectivity index (χ3v) is 1.50. The van der Waals surface area contributed by atoms with Crippen molar-refractivity contribution in [1.29, 1.82) is 0 Å². The van der Waals surface area contributed by atoms with Crippen molar-refractivity contribution in [3.05, 3.63) is 29.6 Å². The van der Waals surface area contributed by atoms with E-state index in [0.29, 0.717) is 0 Å². The summed E-state index contributed by atoms with van der Waals surface area (Å²) in [5.74, 6) is -0.840. The first-order chi connectivity index (χ1) is 5.65. The predicted octanol–water partition coefficient (Wildman–Crippen LogP) is 0.549. The van der Waals surface area contributed by atoms with E-state index in [4.69, 9.17) is 11.5 Å². The van der Waals surface area contributed by atoms with E-state index in [2.05, 4.69) is 0 Å². The summed E-state index contributed by atoms with van der Waals surface area (Å²) in [6.07, 6.45) is 0. The van der Waals surface area contributed by atoms with Gasteiger partial charge in [0, 0.05) is 11.3 Å². The Morgan fingerprint density at radius 2 is 2.17 bits per heavy atom. The molecule has 4 heteroatoms. The Bertz CT molecular complexity index is 312. The number of Topliss-reactive ketones (excluding diaryl/α,β-unsaturated/α-hetero) is 1. The molecule has 0 bridgehead atoms. The molecular formula is C8H9FN2O. The standard InChI is InChI=1S/C8H9FN2O/c9-5-1-2-7(11)6(3-5)8(12)4-10/h1-3H,4,10-11H2. The van der Waals surface area contributed by atoms with E-state index < -0.39 is 5.82 Å². The van der Waals surface area contributed by atoms with E-state index in [1.807, 2.05) is 0 Å². The van der Waals surface area contributed by atoms with Crippen LogP contribution in [0.25, 0.3) is 0 Å². The number of hydrogen-bond acceptors (Lipinski definition) is 3. The second kappa shape index (κ2) is 3.32. The van der Waals surface area contributed by atoms with Gasteiger partial charge in [-0.25, -0.2) is 4.39 Å². The van der Waals surface area contributed by atoms with Crippen LogP contribution in [0, 0.1) is 5.82 Å². The Labute approximate surface area is 69.2 Å². The number of rotatable bonds is 2. The van der Waals surface area contributed by atoms with Crippen molar-refractivity contribution in [1.82, 2.24) is 0 Å². The molecule has 0 radical (unpaired) electrons. The highest BCUT2D eigenvalue weighted by Crippen LogP contribution is 2.13. The van der Waals surface area contributed by atoms with Gasteiger partial charge in [0.05, 0.1) is 6.54 Å². The fourth-order valence-corrected chi connectivity index (χ4v) is 0.880. The topological polar surface area (TPSA) is 69.1 Å². The van der Waals surface area contributed by atoms with Gasteiger partial charge in [0.25, 0.3) is 0 Å². The first-order valence-electron chi connectivity index (χ1n) is 3.43. The van der Waals surface area contributed by atoms with Crippen molar-refractivity contribution in [3.63, 3.8) is 0 Å². The van der Waals surface area contributed by atoms with Crippen molar-refractivity contribution in [3.8, 4) is 0 Å². The van der Waals surface area contributed by atoms with Crippen molar-refractivity contribution in [2.75, 3.05) is 12.3 Å².